The lowest BCUT2D eigenvalue weighted by molar-refractivity contribution is -0.141. The maximum Gasteiger partial charge on any atom is 0.328 e. The van der Waals surface area contributed by atoms with Crippen LogP contribution in [0, 0.1) is 6.92 Å². The molecule has 4 heteroatoms. The number of carbonyl (C=O) groups excluding carboxylic acids is 1. The monoisotopic (exact) mass is 253 g/mol. The molecule has 1 unspecified atom stereocenters. The molecular formula is C13H19NO2S. The summed E-state index contributed by atoms with van der Waals surface area (Å²) in [6, 6.07) is 7.71. The summed E-state index contributed by atoms with van der Waals surface area (Å²) in [7, 11) is 1.42. The molecule has 0 aliphatic rings. The number of nitrogens with one attached hydrogen (secondary N) is 1. The highest BCUT2D eigenvalue weighted by Crippen LogP contribution is 2.14. The van der Waals surface area contributed by atoms with Crippen LogP contribution in [0.15, 0.2) is 24.3 Å². The van der Waals surface area contributed by atoms with Crippen molar-refractivity contribution in [1.82, 2.24) is 0 Å². The number of anilines is 1. The molecule has 17 heavy (non-hydrogen) atoms. The van der Waals surface area contributed by atoms with Crippen molar-refractivity contribution in [3.05, 3.63) is 29.8 Å². The molecule has 0 bridgehead atoms. The summed E-state index contributed by atoms with van der Waals surface area (Å²) in [6.07, 6.45) is 2.79. The van der Waals surface area contributed by atoms with Crippen LogP contribution in [0.3, 0.4) is 0 Å². The average molecular weight is 253 g/mol. The highest BCUT2D eigenvalue weighted by Gasteiger charge is 2.18. The van der Waals surface area contributed by atoms with Gasteiger partial charge in [0.05, 0.1) is 7.11 Å². The quantitative estimate of drug-likeness (QED) is 0.791. The number of methoxy groups -OCH3 is 1. The van der Waals surface area contributed by atoms with E-state index in [9.17, 15) is 4.79 Å². The van der Waals surface area contributed by atoms with Gasteiger partial charge in [0.25, 0.3) is 0 Å². The Hall–Kier alpha value is -1.16. The summed E-state index contributed by atoms with van der Waals surface area (Å²) in [4.78, 5) is 11.6. The van der Waals surface area contributed by atoms with E-state index in [0.717, 1.165) is 17.9 Å². The van der Waals surface area contributed by atoms with Crippen LogP contribution in [0.2, 0.25) is 0 Å². The second-order valence-electron chi connectivity index (χ2n) is 3.87. The van der Waals surface area contributed by atoms with Gasteiger partial charge in [-0.1, -0.05) is 12.1 Å². The number of esters is 1. The van der Waals surface area contributed by atoms with Crippen LogP contribution in [-0.2, 0) is 9.53 Å². The van der Waals surface area contributed by atoms with Crippen LogP contribution in [0.5, 0.6) is 0 Å². The lowest BCUT2D eigenvalue weighted by Crippen LogP contribution is -2.31. The van der Waals surface area contributed by atoms with Gasteiger partial charge in [0.2, 0.25) is 0 Å². The van der Waals surface area contributed by atoms with Gasteiger partial charge in [-0.3, -0.25) is 0 Å². The average Bonchev–Trinajstić information content (AvgIpc) is 2.33. The summed E-state index contributed by atoms with van der Waals surface area (Å²) < 4.78 is 4.80. The Balaban J connectivity index is 2.68. The van der Waals surface area contributed by atoms with Crippen LogP contribution < -0.4 is 5.32 Å². The summed E-state index contributed by atoms with van der Waals surface area (Å²) in [6.45, 7) is 2.03. The second-order valence-corrected chi connectivity index (χ2v) is 4.86. The van der Waals surface area contributed by atoms with Gasteiger partial charge in [-0.05, 0) is 43.0 Å². The third-order valence-corrected chi connectivity index (χ3v) is 3.10. The van der Waals surface area contributed by atoms with Gasteiger partial charge in [0.15, 0.2) is 0 Å². The molecule has 1 aromatic rings. The Morgan fingerprint density at radius 3 is 2.88 bits per heavy atom. The molecule has 1 N–H and O–H groups in total. The minimum absolute atomic E-state index is 0.208. The van der Waals surface area contributed by atoms with Crippen LogP contribution in [0.1, 0.15) is 12.0 Å². The van der Waals surface area contributed by atoms with Crippen molar-refractivity contribution < 1.29 is 9.53 Å². The molecule has 0 heterocycles. The van der Waals surface area contributed by atoms with Gasteiger partial charge in [-0.15, -0.1) is 0 Å². The normalized spacial score (nSPS) is 11.9. The number of thioether (sulfide) groups is 1. The molecule has 0 fully saturated rings. The molecule has 0 amide bonds. The van der Waals surface area contributed by atoms with Gasteiger partial charge in [0.1, 0.15) is 6.04 Å². The fourth-order valence-electron chi connectivity index (χ4n) is 1.56. The van der Waals surface area contributed by atoms with E-state index in [1.54, 1.807) is 11.8 Å². The predicted octanol–water partition coefficient (Wildman–Crippen LogP) is 2.70. The first kappa shape index (κ1) is 13.9. The number of aryl methyl sites for hydroxylation is 1. The Labute approximate surface area is 107 Å². The minimum atomic E-state index is -0.269. The van der Waals surface area contributed by atoms with Gasteiger partial charge in [0, 0.05) is 5.69 Å². The number of ether oxygens (including phenoxy) is 1. The van der Waals surface area contributed by atoms with Gasteiger partial charge in [-0.25, -0.2) is 4.79 Å². The second kappa shape index (κ2) is 7.22. The van der Waals surface area contributed by atoms with Crippen LogP contribution >= 0.6 is 11.8 Å². The van der Waals surface area contributed by atoms with E-state index in [1.807, 2.05) is 37.4 Å². The van der Waals surface area contributed by atoms with E-state index >= 15 is 0 Å². The number of hydrogen-bond donors (Lipinski definition) is 1. The zero-order chi connectivity index (χ0) is 12.7. The van der Waals surface area contributed by atoms with Crippen molar-refractivity contribution in [3.63, 3.8) is 0 Å². The molecular weight excluding hydrogens is 234 g/mol. The molecule has 94 valence electrons. The largest absolute Gasteiger partial charge is 0.467 e. The lowest BCUT2D eigenvalue weighted by Gasteiger charge is -2.17. The fraction of sp³-hybridized carbons (Fsp3) is 0.462. The van der Waals surface area contributed by atoms with Crippen molar-refractivity contribution >= 4 is 23.4 Å². The van der Waals surface area contributed by atoms with Crippen molar-refractivity contribution in [2.24, 2.45) is 0 Å². The maximum absolute atomic E-state index is 11.6. The lowest BCUT2D eigenvalue weighted by atomic mass is 10.2. The molecule has 1 atom stereocenters. The molecule has 0 aromatic heterocycles. The van der Waals surface area contributed by atoms with Crippen molar-refractivity contribution in [2.75, 3.05) is 24.4 Å². The number of hydrogen-bond acceptors (Lipinski definition) is 4. The van der Waals surface area contributed by atoms with Gasteiger partial charge in [-0.2, -0.15) is 11.8 Å². The molecule has 0 saturated carbocycles. The van der Waals surface area contributed by atoms with Crippen LogP contribution in [0.25, 0.3) is 0 Å². The standard InChI is InChI=1S/C13H19NO2S/c1-10-5-4-6-11(9-10)14-12(7-8-17-3)13(15)16-2/h4-6,9,12,14H,7-8H2,1-3H3. The fourth-order valence-corrected chi connectivity index (χ4v) is 2.03. The molecule has 0 aliphatic carbocycles. The Morgan fingerprint density at radius 2 is 2.29 bits per heavy atom. The van der Waals surface area contributed by atoms with Crippen LogP contribution in [-0.4, -0.2) is 31.1 Å². The van der Waals surface area contributed by atoms with E-state index < -0.39 is 0 Å². The third-order valence-electron chi connectivity index (χ3n) is 2.46. The molecule has 3 nitrogen and oxygen atoms in total. The third kappa shape index (κ3) is 4.69. The topological polar surface area (TPSA) is 38.3 Å². The molecule has 0 aliphatic heterocycles. The first-order valence-corrected chi connectivity index (χ1v) is 6.96. The van der Waals surface area contributed by atoms with E-state index in [4.69, 9.17) is 4.74 Å². The molecule has 0 radical (unpaired) electrons. The first-order valence-electron chi connectivity index (χ1n) is 5.57. The molecule has 0 spiro atoms. The smallest absolute Gasteiger partial charge is 0.328 e. The Morgan fingerprint density at radius 1 is 1.53 bits per heavy atom. The highest BCUT2D eigenvalue weighted by molar-refractivity contribution is 7.98. The number of rotatable bonds is 6. The van der Waals surface area contributed by atoms with E-state index in [-0.39, 0.29) is 12.0 Å². The van der Waals surface area contributed by atoms with Crippen molar-refractivity contribution in [1.29, 1.82) is 0 Å². The summed E-state index contributed by atoms with van der Waals surface area (Å²) >= 11 is 1.72. The Kier molecular flexibility index (Phi) is 5.91. The number of carbonyl (C=O) groups is 1. The summed E-state index contributed by atoms with van der Waals surface area (Å²) in [5, 5.41) is 3.22. The SMILES string of the molecule is COC(=O)C(CCSC)Nc1cccc(C)c1. The van der Waals surface area contributed by atoms with Gasteiger partial charge < -0.3 is 10.1 Å². The zero-order valence-corrected chi connectivity index (χ0v) is 11.3. The summed E-state index contributed by atoms with van der Waals surface area (Å²) in [5.41, 5.74) is 2.13. The van der Waals surface area contributed by atoms with E-state index in [0.29, 0.717) is 0 Å². The zero-order valence-electron chi connectivity index (χ0n) is 10.5. The maximum atomic E-state index is 11.6. The van der Waals surface area contributed by atoms with Crippen molar-refractivity contribution in [3.8, 4) is 0 Å². The summed E-state index contributed by atoms with van der Waals surface area (Å²) in [5.74, 6) is 0.721. The molecule has 0 saturated heterocycles. The molecule has 1 aromatic carbocycles. The Bertz CT molecular complexity index is 368. The van der Waals surface area contributed by atoms with E-state index in [2.05, 4.69) is 5.32 Å². The van der Waals surface area contributed by atoms with Crippen LogP contribution in [0.4, 0.5) is 5.69 Å². The molecule has 1 rings (SSSR count). The number of benzene rings is 1. The predicted molar refractivity (Wildman–Crippen MR) is 73.6 cm³/mol. The van der Waals surface area contributed by atoms with E-state index in [1.165, 1.54) is 12.7 Å². The minimum Gasteiger partial charge on any atom is -0.467 e. The highest BCUT2D eigenvalue weighted by atomic mass is 32.2. The van der Waals surface area contributed by atoms with Gasteiger partial charge >= 0.3 is 5.97 Å². The first-order chi connectivity index (χ1) is 8.17. The van der Waals surface area contributed by atoms with Crippen molar-refractivity contribution in [2.45, 2.75) is 19.4 Å².